The Kier molecular flexibility index (Phi) is 8.10. The van der Waals surface area contributed by atoms with Gasteiger partial charge in [0, 0.05) is 29.3 Å². The zero-order valence-electron chi connectivity index (χ0n) is 16.9. The Balaban J connectivity index is 0.000000523. The number of halogens is 1. The van der Waals surface area contributed by atoms with Gasteiger partial charge in [-0.15, -0.1) is 10.2 Å². The average molecular weight is 450 g/mol. The first-order valence-electron chi connectivity index (χ1n) is 9.57. The summed E-state index contributed by atoms with van der Waals surface area (Å²) < 4.78 is 40.2. The lowest BCUT2D eigenvalue weighted by Gasteiger charge is -2.18. The molecule has 162 valence electrons. The number of rotatable bonds is 4. The van der Waals surface area contributed by atoms with Gasteiger partial charge >= 0.3 is 0 Å². The molecule has 0 amide bonds. The van der Waals surface area contributed by atoms with Crippen molar-refractivity contribution in [1.29, 1.82) is 0 Å². The normalized spacial score (nSPS) is 13.4. The second kappa shape index (κ2) is 11.2. The molecular weight excluding hydrogens is 430 g/mol. The average Bonchev–Trinajstić information content (AvgIpc) is 2.80. The Morgan fingerprint density at radius 2 is 1.03 bits per heavy atom. The molecule has 0 unspecified atom stereocenters. The lowest BCUT2D eigenvalue weighted by Crippen LogP contribution is -2.68. The van der Waals surface area contributed by atoms with Crippen LogP contribution in [0.15, 0.2) is 115 Å². The summed E-state index contributed by atoms with van der Waals surface area (Å²) >= 11 is 0. The van der Waals surface area contributed by atoms with E-state index in [9.17, 15) is 0 Å². The summed E-state index contributed by atoms with van der Waals surface area (Å²) in [6, 6.07) is 30.4. The maximum atomic E-state index is 8.49. The van der Waals surface area contributed by atoms with Crippen LogP contribution in [-0.4, -0.2) is 6.21 Å². The van der Waals surface area contributed by atoms with Gasteiger partial charge in [-0.3, -0.25) is 0 Å². The van der Waals surface area contributed by atoms with Crippen molar-refractivity contribution in [3.63, 3.8) is 0 Å². The highest BCUT2D eigenvalue weighted by Crippen LogP contribution is 2.31. The summed E-state index contributed by atoms with van der Waals surface area (Å²) in [5.41, 5.74) is 4.24. The lowest BCUT2D eigenvalue weighted by atomic mass is 10.0. The monoisotopic (exact) mass is 449 g/mol. The SMILES string of the molecule is C(C=C1C=C(c2ccccc2)OC(c2ccccc2)=C1)=[NH+]c1ccccc1.[O-][Cl+3]([O-])([O-])[O-]. The number of hydrogen-bond donors (Lipinski definition) is 1. The second-order valence-electron chi connectivity index (χ2n) is 6.57. The Morgan fingerprint density at radius 3 is 1.47 bits per heavy atom. The van der Waals surface area contributed by atoms with Crippen LogP contribution in [0.1, 0.15) is 11.1 Å². The topological polar surface area (TPSA) is 115 Å². The fraction of sp³-hybridized carbons (Fsp3) is 0. The van der Waals surface area contributed by atoms with Gasteiger partial charge in [-0.05, 0) is 17.7 Å². The van der Waals surface area contributed by atoms with Crippen LogP contribution in [0.4, 0.5) is 5.69 Å². The molecular formula is C25H20ClNO5. The molecule has 0 radical (unpaired) electrons. The van der Waals surface area contributed by atoms with Gasteiger partial charge in [-0.1, -0.05) is 78.9 Å². The van der Waals surface area contributed by atoms with E-state index >= 15 is 0 Å². The van der Waals surface area contributed by atoms with Gasteiger partial charge in [0.05, 0.1) is 0 Å². The van der Waals surface area contributed by atoms with Gasteiger partial charge in [-0.2, -0.15) is 0 Å². The van der Waals surface area contributed by atoms with Crippen LogP contribution < -0.4 is 23.6 Å². The molecule has 0 fully saturated rings. The molecule has 32 heavy (non-hydrogen) atoms. The maximum Gasteiger partial charge on any atom is 0.203 e. The molecule has 0 spiro atoms. The van der Waals surface area contributed by atoms with Crippen LogP contribution in [0.2, 0.25) is 0 Å². The van der Waals surface area contributed by atoms with E-state index in [1.54, 1.807) is 0 Å². The molecule has 3 aromatic rings. The molecule has 1 aliphatic heterocycles. The van der Waals surface area contributed by atoms with E-state index in [0.717, 1.165) is 33.9 Å². The molecule has 6 nitrogen and oxygen atoms in total. The van der Waals surface area contributed by atoms with Crippen LogP contribution in [0.3, 0.4) is 0 Å². The van der Waals surface area contributed by atoms with Crippen molar-refractivity contribution in [2.45, 2.75) is 0 Å². The number of benzene rings is 3. The summed E-state index contributed by atoms with van der Waals surface area (Å²) in [6.45, 7) is 0. The molecule has 3 aromatic carbocycles. The van der Waals surface area contributed by atoms with E-state index in [-0.39, 0.29) is 0 Å². The first-order valence-corrected chi connectivity index (χ1v) is 10.8. The Hall–Kier alpha value is -3.52. The Bertz CT molecular complexity index is 1060. The van der Waals surface area contributed by atoms with Crippen molar-refractivity contribution in [2.75, 3.05) is 0 Å². The van der Waals surface area contributed by atoms with E-state index in [1.807, 2.05) is 72.9 Å². The minimum atomic E-state index is -4.94. The van der Waals surface area contributed by atoms with E-state index in [2.05, 4.69) is 47.5 Å². The van der Waals surface area contributed by atoms with Crippen LogP contribution in [0.5, 0.6) is 0 Å². The predicted octanol–water partition coefficient (Wildman–Crippen LogP) is -0.248. The van der Waals surface area contributed by atoms with Gasteiger partial charge < -0.3 is 4.74 Å². The molecule has 0 atom stereocenters. The summed E-state index contributed by atoms with van der Waals surface area (Å²) in [7, 11) is -4.94. The first kappa shape index (κ1) is 23.1. The summed E-state index contributed by atoms with van der Waals surface area (Å²) in [4.78, 5) is 3.30. The van der Waals surface area contributed by atoms with Crippen LogP contribution >= 0.6 is 0 Å². The third-order valence-corrected chi connectivity index (χ3v) is 4.23. The van der Waals surface area contributed by atoms with Crippen LogP contribution in [-0.2, 0) is 4.74 Å². The zero-order valence-corrected chi connectivity index (χ0v) is 17.6. The number of ether oxygens (including phenoxy) is 1. The summed E-state index contributed by atoms with van der Waals surface area (Å²) in [6.07, 6.45) is 8.13. The molecule has 1 N–H and O–H groups in total. The minimum Gasteiger partial charge on any atom is -0.456 e. The molecule has 0 bridgehead atoms. The standard InChI is InChI=1S/C25H19NO.ClHO4/c1-4-10-21(11-5-1)24-18-20(16-17-26-23-14-8-3-9-15-23)19-25(27-24)22-12-6-2-7-13-22;2-1(3,4)5/h1-19H;(H,2,3,4,5). The van der Waals surface area contributed by atoms with E-state index in [1.165, 1.54) is 0 Å². The second-order valence-corrected chi connectivity index (χ2v) is 7.33. The van der Waals surface area contributed by atoms with Crippen molar-refractivity contribution in [1.82, 2.24) is 0 Å². The van der Waals surface area contributed by atoms with Gasteiger partial charge in [-0.25, -0.2) is 23.6 Å². The number of nitrogens with one attached hydrogen (secondary N) is 1. The third-order valence-electron chi connectivity index (χ3n) is 4.23. The van der Waals surface area contributed by atoms with Crippen molar-refractivity contribution in [3.8, 4) is 0 Å². The highest BCUT2D eigenvalue weighted by molar-refractivity contribution is 5.81. The van der Waals surface area contributed by atoms with Crippen molar-refractivity contribution < 1.29 is 38.6 Å². The summed E-state index contributed by atoms with van der Waals surface area (Å²) in [5.74, 6) is 1.69. The van der Waals surface area contributed by atoms with E-state index in [0.29, 0.717) is 0 Å². The molecule has 1 aliphatic rings. The molecule has 0 aromatic heterocycles. The van der Waals surface area contributed by atoms with Crippen molar-refractivity contribution >= 4 is 23.4 Å². The zero-order chi connectivity index (χ0) is 22.8. The van der Waals surface area contributed by atoms with Gasteiger partial charge in [0.15, 0.2) is 6.21 Å². The third kappa shape index (κ3) is 7.96. The molecule has 0 aliphatic carbocycles. The van der Waals surface area contributed by atoms with Crippen LogP contribution in [0, 0.1) is 10.2 Å². The Morgan fingerprint density at radius 1 is 0.625 bits per heavy atom. The first-order chi connectivity index (χ1) is 15.4. The van der Waals surface area contributed by atoms with Gasteiger partial charge in [0.25, 0.3) is 0 Å². The van der Waals surface area contributed by atoms with E-state index in [4.69, 9.17) is 23.4 Å². The fourth-order valence-electron chi connectivity index (χ4n) is 2.88. The number of hydrogen-bond acceptors (Lipinski definition) is 5. The highest BCUT2D eigenvalue weighted by atomic mass is 35.7. The highest BCUT2D eigenvalue weighted by Gasteiger charge is 2.14. The number of allylic oxidation sites excluding steroid dienone is 4. The van der Waals surface area contributed by atoms with Crippen LogP contribution in [0.25, 0.3) is 11.5 Å². The Labute approximate surface area is 188 Å². The molecule has 0 saturated carbocycles. The molecule has 1 heterocycles. The quantitative estimate of drug-likeness (QED) is 0.551. The molecule has 7 heteroatoms. The van der Waals surface area contributed by atoms with E-state index < -0.39 is 10.2 Å². The summed E-state index contributed by atoms with van der Waals surface area (Å²) in [5, 5.41) is 0. The van der Waals surface area contributed by atoms with Gasteiger partial charge in [0.2, 0.25) is 5.69 Å². The molecule has 4 rings (SSSR count). The van der Waals surface area contributed by atoms with Crippen molar-refractivity contribution in [3.05, 3.63) is 126 Å². The number of para-hydroxylation sites is 1. The maximum absolute atomic E-state index is 8.49. The largest absolute Gasteiger partial charge is 0.456 e. The fourth-order valence-corrected chi connectivity index (χ4v) is 2.88. The predicted molar refractivity (Wildman–Crippen MR) is 111 cm³/mol. The minimum absolute atomic E-state index is 0.844. The van der Waals surface area contributed by atoms with Crippen molar-refractivity contribution in [2.24, 2.45) is 0 Å². The smallest absolute Gasteiger partial charge is 0.203 e. The van der Waals surface area contributed by atoms with Gasteiger partial charge in [0.1, 0.15) is 11.5 Å². The molecule has 0 saturated heterocycles. The lowest BCUT2D eigenvalue weighted by molar-refractivity contribution is -2.00.